The van der Waals surface area contributed by atoms with Crippen LogP contribution in [0.25, 0.3) is 0 Å². The van der Waals surface area contributed by atoms with Gasteiger partial charge in [0.25, 0.3) is 0 Å². The van der Waals surface area contributed by atoms with E-state index in [1.807, 2.05) is 6.08 Å². The molecule has 2 aliphatic carbocycles. The maximum atomic E-state index is 11.6. The first-order valence-corrected chi connectivity index (χ1v) is 6.70. The number of allylic oxidation sites excluding steroid dienone is 2. The number of carboxylic acids is 1. The molecule has 0 aromatic carbocycles. The summed E-state index contributed by atoms with van der Waals surface area (Å²) < 4.78 is 0. The first-order chi connectivity index (χ1) is 8.65. The fourth-order valence-electron chi connectivity index (χ4n) is 2.96. The van der Waals surface area contributed by atoms with Crippen LogP contribution in [0.1, 0.15) is 6.42 Å². The minimum absolute atomic E-state index is 0.448. The Morgan fingerprint density at radius 3 is 2.67 bits per heavy atom. The fourth-order valence-corrected chi connectivity index (χ4v) is 2.96. The molecule has 4 nitrogen and oxygen atoms in total. The number of carbonyl (C=O) groups is 1. The number of hydrogen-bond acceptors (Lipinski definition) is 3. The number of hydrogen-bond donors (Lipinski definition) is 1. The van der Waals surface area contributed by atoms with Gasteiger partial charge in [-0.15, -0.1) is 0 Å². The molecular weight excluding hydrogens is 228 g/mol. The van der Waals surface area contributed by atoms with E-state index >= 15 is 0 Å². The number of fused-ring (bicyclic) bond motifs is 1. The van der Waals surface area contributed by atoms with Gasteiger partial charge in [0, 0.05) is 26.2 Å². The van der Waals surface area contributed by atoms with Crippen LogP contribution in [0.3, 0.4) is 0 Å². The van der Waals surface area contributed by atoms with Crippen molar-refractivity contribution in [3.8, 4) is 0 Å². The van der Waals surface area contributed by atoms with Crippen molar-refractivity contribution in [2.24, 2.45) is 11.8 Å². The zero-order chi connectivity index (χ0) is 12.7. The van der Waals surface area contributed by atoms with Crippen molar-refractivity contribution >= 4 is 5.97 Å². The van der Waals surface area contributed by atoms with E-state index in [-0.39, 0.29) is 0 Å². The Bertz CT molecular complexity index is 408. The summed E-state index contributed by atoms with van der Waals surface area (Å²) in [6.45, 7) is 3.58. The van der Waals surface area contributed by atoms with Gasteiger partial charge in [0.05, 0.1) is 0 Å². The number of rotatable bonds is 3. The van der Waals surface area contributed by atoms with Crippen LogP contribution in [0, 0.1) is 11.8 Å². The SMILES string of the molecule is CN1CCN(C(C(=O)O)C2=CC3CC3C=C2)CC1. The zero-order valence-electron chi connectivity index (χ0n) is 10.7. The van der Waals surface area contributed by atoms with E-state index in [9.17, 15) is 9.90 Å². The smallest absolute Gasteiger partial charge is 0.325 e. The topological polar surface area (TPSA) is 43.8 Å². The lowest BCUT2D eigenvalue weighted by atomic mass is 9.98. The monoisotopic (exact) mass is 248 g/mol. The summed E-state index contributed by atoms with van der Waals surface area (Å²) in [5, 5.41) is 9.51. The van der Waals surface area contributed by atoms with Crippen LogP contribution in [0.5, 0.6) is 0 Å². The van der Waals surface area contributed by atoms with E-state index in [2.05, 4.69) is 29.0 Å². The lowest BCUT2D eigenvalue weighted by Gasteiger charge is -2.36. The molecule has 1 saturated heterocycles. The van der Waals surface area contributed by atoms with Crippen molar-refractivity contribution in [2.75, 3.05) is 33.2 Å². The highest BCUT2D eigenvalue weighted by molar-refractivity contribution is 5.78. The highest BCUT2D eigenvalue weighted by atomic mass is 16.4. The van der Waals surface area contributed by atoms with Gasteiger partial charge in [0.2, 0.25) is 0 Å². The van der Waals surface area contributed by atoms with Crippen molar-refractivity contribution in [2.45, 2.75) is 12.5 Å². The molecule has 3 aliphatic rings. The van der Waals surface area contributed by atoms with Crippen LogP contribution < -0.4 is 0 Å². The molecule has 0 aromatic heterocycles. The van der Waals surface area contributed by atoms with Crippen molar-refractivity contribution in [1.29, 1.82) is 0 Å². The van der Waals surface area contributed by atoms with Crippen molar-refractivity contribution in [3.63, 3.8) is 0 Å². The molecule has 0 radical (unpaired) electrons. The van der Waals surface area contributed by atoms with E-state index in [0.717, 1.165) is 31.8 Å². The van der Waals surface area contributed by atoms with Gasteiger partial charge in [0.15, 0.2) is 0 Å². The average molecular weight is 248 g/mol. The van der Waals surface area contributed by atoms with Crippen molar-refractivity contribution in [3.05, 3.63) is 23.8 Å². The van der Waals surface area contributed by atoms with Gasteiger partial charge in [-0.25, -0.2) is 0 Å². The third kappa shape index (κ3) is 2.22. The van der Waals surface area contributed by atoms with E-state index in [1.165, 1.54) is 6.42 Å². The number of nitrogens with zero attached hydrogens (tertiary/aromatic N) is 2. The van der Waals surface area contributed by atoms with Gasteiger partial charge in [-0.3, -0.25) is 9.69 Å². The van der Waals surface area contributed by atoms with Gasteiger partial charge in [0.1, 0.15) is 6.04 Å². The quantitative estimate of drug-likeness (QED) is 0.803. The molecule has 0 bridgehead atoms. The second-order valence-corrected chi connectivity index (χ2v) is 5.67. The molecular formula is C14H20N2O2. The Morgan fingerprint density at radius 1 is 1.33 bits per heavy atom. The van der Waals surface area contributed by atoms with E-state index in [1.54, 1.807) is 0 Å². The summed E-state index contributed by atoms with van der Waals surface area (Å²) in [7, 11) is 2.09. The van der Waals surface area contributed by atoms with Crippen LogP contribution in [-0.2, 0) is 4.79 Å². The number of aliphatic carboxylic acids is 1. The Kier molecular flexibility index (Phi) is 2.99. The van der Waals surface area contributed by atoms with Crippen LogP contribution in [-0.4, -0.2) is 60.1 Å². The maximum absolute atomic E-state index is 11.6. The summed E-state index contributed by atoms with van der Waals surface area (Å²) in [6.07, 6.45) is 7.61. The van der Waals surface area contributed by atoms with Crippen LogP contribution >= 0.6 is 0 Å². The largest absolute Gasteiger partial charge is 0.480 e. The first-order valence-electron chi connectivity index (χ1n) is 6.70. The Morgan fingerprint density at radius 2 is 2.06 bits per heavy atom. The van der Waals surface area contributed by atoms with Gasteiger partial charge in [-0.1, -0.05) is 18.2 Å². The standard InChI is InChI=1S/C14H20N2O2/c1-15-4-6-16(7-5-15)13(14(17)18)11-3-2-10-8-12(10)9-11/h2-3,9-10,12-13H,4-8H2,1H3,(H,17,18). The van der Waals surface area contributed by atoms with Gasteiger partial charge in [-0.2, -0.15) is 0 Å². The lowest BCUT2D eigenvalue weighted by molar-refractivity contribution is -0.142. The molecule has 1 saturated carbocycles. The molecule has 3 atom stereocenters. The lowest BCUT2D eigenvalue weighted by Crippen LogP contribution is -2.52. The molecule has 1 N–H and O–H groups in total. The molecule has 0 aromatic rings. The highest BCUT2D eigenvalue weighted by Gasteiger charge is 2.39. The molecule has 1 heterocycles. The number of piperazine rings is 1. The summed E-state index contributed by atoms with van der Waals surface area (Å²) in [5.41, 5.74) is 0.991. The molecule has 98 valence electrons. The van der Waals surface area contributed by atoms with E-state index in [0.29, 0.717) is 11.8 Å². The fraction of sp³-hybridized carbons (Fsp3) is 0.643. The van der Waals surface area contributed by atoms with Crippen LogP contribution in [0.15, 0.2) is 23.8 Å². The summed E-state index contributed by atoms with van der Waals surface area (Å²) >= 11 is 0. The Balaban J connectivity index is 1.76. The number of carboxylic acid groups (broad SMARTS) is 1. The molecule has 3 rings (SSSR count). The minimum Gasteiger partial charge on any atom is -0.480 e. The second-order valence-electron chi connectivity index (χ2n) is 5.67. The highest BCUT2D eigenvalue weighted by Crippen LogP contribution is 2.45. The molecule has 2 fully saturated rings. The molecule has 18 heavy (non-hydrogen) atoms. The molecule has 0 spiro atoms. The molecule has 1 aliphatic heterocycles. The van der Waals surface area contributed by atoms with Gasteiger partial charge >= 0.3 is 5.97 Å². The Hall–Kier alpha value is -1.13. The van der Waals surface area contributed by atoms with Crippen LogP contribution in [0.2, 0.25) is 0 Å². The first kappa shape index (κ1) is 11.9. The Labute approximate surface area is 108 Å². The molecule has 0 amide bonds. The van der Waals surface area contributed by atoms with Crippen molar-refractivity contribution in [1.82, 2.24) is 9.80 Å². The van der Waals surface area contributed by atoms with Gasteiger partial charge < -0.3 is 10.0 Å². The zero-order valence-corrected chi connectivity index (χ0v) is 10.7. The third-order valence-corrected chi connectivity index (χ3v) is 4.29. The van der Waals surface area contributed by atoms with E-state index in [4.69, 9.17) is 0 Å². The maximum Gasteiger partial charge on any atom is 0.325 e. The number of likely N-dealkylation sites (N-methyl/N-ethyl adjacent to an activating group) is 1. The van der Waals surface area contributed by atoms with Crippen molar-refractivity contribution < 1.29 is 9.90 Å². The summed E-state index contributed by atoms with van der Waals surface area (Å²) in [6, 6.07) is -0.448. The minimum atomic E-state index is -0.713. The normalized spacial score (nSPS) is 33.7. The third-order valence-electron chi connectivity index (χ3n) is 4.29. The van der Waals surface area contributed by atoms with Gasteiger partial charge in [-0.05, 0) is 30.9 Å². The second kappa shape index (κ2) is 4.52. The summed E-state index contributed by atoms with van der Waals surface area (Å²) in [4.78, 5) is 15.9. The van der Waals surface area contributed by atoms with E-state index < -0.39 is 12.0 Å². The average Bonchev–Trinajstić information content (AvgIpc) is 3.10. The summed E-state index contributed by atoms with van der Waals surface area (Å²) in [5.74, 6) is 0.588. The molecule has 3 unspecified atom stereocenters. The predicted molar refractivity (Wildman–Crippen MR) is 69.3 cm³/mol. The van der Waals surface area contributed by atoms with Crippen LogP contribution in [0.4, 0.5) is 0 Å². The predicted octanol–water partition coefficient (Wildman–Crippen LogP) is 0.819. The molecule has 4 heteroatoms.